The van der Waals surface area contributed by atoms with Gasteiger partial charge in [0, 0.05) is 11.1 Å². The summed E-state index contributed by atoms with van der Waals surface area (Å²) in [5.41, 5.74) is -0.267. The lowest BCUT2D eigenvalue weighted by atomic mass is 10.2. The Balaban J connectivity index is 2.15. The van der Waals surface area contributed by atoms with Crippen LogP contribution in [0, 0.1) is 15.9 Å². The van der Waals surface area contributed by atoms with Gasteiger partial charge >= 0.3 is 5.97 Å². The van der Waals surface area contributed by atoms with E-state index >= 15 is 0 Å². The molecule has 0 fully saturated rings. The number of para-hydroxylation sites is 1. The standard InChI is InChI=1S/C14H9ClFNO4/c15-10-5-6-12(16)11(7-10)14(18)21-8-9-3-1-2-4-13(9)17(19)20/h1-7H,8H2. The summed E-state index contributed by atoms with van der Waals surface area (Å²) < 4.78 is 18.4. The fourth-order valence-corrected chi connectivity index (χ4v) is 1.86. The molecule has 0 aromatic heterocycles. The minimum Gasteiger partial charge on any atom is -0.457 e. The number of carbonyl (C=O) groups excluding carboxylic acids is 1. The summed E-state index contributed by atoms with van der Waals surface area (Å²) >= 11 is 5.68. The topological polar surface area (TPSA) is 69.4 Å². The van der Waals surface area contributed by atoms with E-state index in [1.54, 1.807) is 6.07 Å². The van der Waals surface area contributed by atoms with Gasteiger partial charge in [-0.3, -0.25) is 10.1 Å². The van der Waals surface area contributed by atoms with E-state index in [2.05, 4.69) is 0 Å². The molecule has 0 atom stereocenters. The summed E-state index contributed by atoms with van der Waals surface area (Å²) in [5.74, 6) is -1.71. The van der Waals surface area contributed by atoms with Crippen LogP contribution in [0.5, 0.6) is 0 Å². The van der Waals surface area contributed by atoms with E-state index in [9.17, 15) is 19.3 Å². The van der Waals surface area contributed by atoms with Crippen LogP contribution in [0.4, 0.5) is 10.1 Å². The summed E-state index contributed by atoms with van der Waals surface area (Å²) in [6, 6.07) is 9.32. The Morgan fingerprint density at radius 1 is 1.29 bits per heavy atom. The number of benzene rings is 2. The molecule has 2 aromatic carbocycles. The van der Waals surface area contributed by atoms with Gasteiger partial charge in [0.1, 0.15) is 12.4 Å². The third kappa shape index (κ3) is 3.55. The van der Waals surface area contributed by atoms with Crippen molar-refractivity contribution in [3.8, 4) is 0 Å². The molecule has 2 aromatic rings. The third-order valence-corrected chi connectivity index (χ3v) is 2.93. The second-order valence-electron chi connectivity index (χ2n) is 4.09. The van der Waals surface area contributed by atoms with Gasteiger partial charge in [0.2, 0.25) is 0 Å². The summed E-state index contributed by atoms with van der Waals surface area (Å²) in [6.07, 6.45) is 0. The number of carbonyl (C=O) groups is 1. The third-order valence-electron chi connectivity index (χ3n) is 2.70. The fourth-order valence-electron chi connectivity index (χ4n) is 1.69. The maximum atomic E-state index is 13.5. The summed E-state index contributed by atoms with van der Waals surface area (Å²) in [4.78, 5) is 22.0. The molecule has 0 unspecified atom stereocenters. The number of hydrogen-bond acceptors (Lipinski definition) is 4. The lowest BCUT2D eigenvalue weighted by molar-refractivity contribution is -0.385. The zero-order valence-electron chi connectivity index (χ0n) is 10.6. The fraction of sp³-hybridized carbons (Fsp3) is 0.0714. The number of halogens is 2. The van der Waals surface area contributed by atoms with Crippen molar-refractivity contribution in [3.05, 3.63) is 74.5 Å². The van der Waals surface area contributed by atoms with Gasteiger partial charge in [0.05, 0.1) is 16.1 Å². The second kappa shape index (κ2) is 6.32. The number of esters is 1. The average molecular weight is 310 g/mol. The van der Waals surface area contributed by atoms with E-state index in [-0.39, 0.29) is 28.4 Å². The SMILES string of the molecule is O=C(OCc1ccccc1[N+](=O)[O-])c1cc(Cl)ccc1F. The van der Waals surface area contributed by atoms with Crippen molar-refractivity contribution in [2.45, 2.75) is 6.61 Å². The maximum Gasteiger partial charge on any atom is 0.341 e. The van der Waals surface area contributed by atoms with Crippen molar-refractivity contribution in [2.24, 2.45) is 0 Å². The molecule has 7 heteroatoms. The van der Waals surface area contributed by atoms with Gasteiger partial charge in [-0.25, -0.2) is 9.18 Å². The Morgan fingerprint density at radius 3 is 2.71 bits per heavy atom. The molecule has 0 heterocycles. The maximum absolute atomic E-state index is 13.5. The molecule has 0 amide bonds. The lowest BCUT2D eigenvalue weighted by Crippen LogP contribution is -2.08. The van der Waals surface area contributed by atoms with Gasteiger partial charge in [-0.05, 0) is 24.3 Å². The van der Waals surface area contributed by atoms with Crippen LogP contribution in [0.25, 0.3) is 0 Å². The van der Waals surface area contributed by atoms with Crippen molar-refractivity contribution in [2.75, 3.05) is 0 Å². The number of hydrogen-bond donors (Lipinski definition) is 0. The lowest BCUT2D eigenvalue weighted by Gasteiger charge is -2.06. The predicted octanol–water partition coefficient (Wildman–Crippen LogP) is 3.74. The minimum absolute atomic E-state index is 0.170. The summed E-state index contributed by atoms with van der Waals surface area (Å²) in [5, 5.41) is 11.0. The van der Waals surface area contributed by atoms with Gasteiger partial charge in [-0.1, -0.05) is 23.7 Å². The number of nitrogens with zero attached hydrogens (tertiary/aromatic N) is 1. The zero-order valence-corrected chi connectivity index (χ0v) is 11.3. The summed E-state index contributed by atoms with van der Waals surface area (Å²) in [6.45, 7) is -0.331. The van der Waals surface area contributed by atoms with Gasteiger partial charge in [0.25, 0.3) is 5.69 Å². The first-order valence-electron chi connectivity index (χ1n) is 5.83. The monoisotopic (exact) mass is 309 g/mol. The number of nitro benzene ring substituents is 1. The van der Waals surface area contributed by atoms with Crippen LogP contribution in [-0.2, 0) is 11.3 Å². The van der Waals surface area contributed by atoms with Crippen LogP contribution in [0.3, 0.4) is 0 Å². The molecule has 0 bridgehead atoms. The second-order valence-corrected chi connectivity index (χ2v) is 4.52. The molecule has 0 saturated carbocycles. The van der Waals surface area contributed by atoms with Crippen LogP contribution >= 0.6 is 11.6 Å². The Morgan fingerprint density at radius 2 is 2.00 bits per heavy atom. The smallest absolute Gasteiger partial charge is 0.341 e. The molecule has 5 nitrogen and oxygen atoms in total. The van der Waals surface area contributed by atoms with E-state index < -0.39 is 16.7 Å². The molecule has 0 radical (unpaired) electrons. The molecule has 0 aliphatic heterocycles. The molecule has 108 valence electrons. The van der Waals surface area contributed by atoms with Crippen molar-refractivity contribution < 1.29 is 18.8 Å². The molecule has 0 aliphatic rings. The van der Waals surface area contributed by atoms with Crippen LogP contribution < -0.4 is 0 Å². The molecular weight excluding hydrogens is 301 g/mol. The Kier molecular flexibility index (Phi) is 4.49. The Labute approximate surface area is 124 Å². The number of nitro groups is 1. The number of ether oxygens (including phenoxy) is 1. The highest BCUT2D eigenvalue weighted by Crippen LogP contribution is 2.20. The zero-order chi connectivity index (χ0) is 15.4. The van der Waals surface area contributed by atoms with E-state index in [1.165, 1.54) is 24.3 Å². The van der Waals surface area contributed by atoms with Gasteiger partial charge in [0.15, 0.2) is 0 Å². The van der Waals surface area contributed by atoms with E-state index in [1.807, 2.05) is 0 Å². The average Bonchev–Trinajstić information content (AvgIpc) is 2.47. The normalized spacial score (nSPS) is 10.2. The van der Waals surface area contributed by atoms with E-state index in [4.69, 9.17) is 16.3 Å². The molecule has 0 spiro atoms. The highest BCUT2D eigenvalue weighted by Gasteiger charge is 2.17. The molecule has 0 aliphatic carbocycles. The molecule has 2 rings (SSSR count). The van der Waals surface area contributed by atoms with Crippen LogP contribution in [0.2, 0.25) is 5.02 Å². The molecule has 0 saturated heterocycles. The Hall–Kier alpha value is -2.47. The van der Waals surface area contributed by atoms with Crippen molar-refractivity contribution >= 4 is 23.3 Å². The van der Waals surface area contributed by atoms with Gasteiger partial charge in [-0.15, -0.1) is 0 Å². The van der Waals surface area contributed by atoms with Gasteiger partial charge < -0.3 is 4.74 Å². The molecular formula is C14H9ClFNO4. The summed E-state index contributed by atoms with van der Waals surface area (Å²) in [7, 11) is 0. The van der Waals surface area contributed by atoms with Crippen molar-refractivity contribution in [3.63, 3.8) is 0 Å². The van der Waals surface area contributed by atoms with Crippen LogP contribution in [-0.4, -0.2) is 10.9 Å². The quantitative estimate of drug-likeness (QED) is 0.490. The predicted molar refractivity (Wildman–Crippen MR) is 73.6 cm³/mol. The van der Waals surface area contributed by atoms with E-state index in [0.717, 1.165) is 12.1 Å². The first kappa shape index (κ1) is 14.9. The molecule has 21 heavy (non-hydrogen) atoms. The molecule has 0 N–H and O–H groups in total. The highest BCUT2D eigenvalue weighted by atomic mass is 35.5. The largest absolute Gasteiger partial charge is 0.457 e. The minimum atomic E-state index is -0.937. The first-order valence-corrected chi connectivity index (χ1v) is 6.21. The van der Waals surface area contributed by atoms with Crippen LogP contribution in [0.15, 0.2) is 42.5 Å². The highest BCUT2D eigenvalue weighted by molar-refractivity contribution is 6.30. The van der Waals surface area contributed by atoms with Crippen LogP contribution in [0.1, 0.15) is 15.9 Å². The van der Waals surface area contributed by atoms with Crippen molar-refractivity contribution in [1.82, 2.24) is 0 Å². The first-order chi connectivity index (χ1) is 9.99. The van der Waals surface area contributed by atoms with Gasteiger partial charge in [-0.2, -0.15) is 0 Å². The Bertz CT molecular complexity index is 705. The number of rotatable bonds is 4. The van der Waals surface area contributed by atoms with Crippen molar-refractivity contribution in [1.29, 1.82) is 0 Å². The van der Waals surface area contributed by atoms with E-state index in [0.29, 0.717) is 0 Å².